The first-order chi connectivity index (χ1) is 11.4. The number of rotatable bonds is 8. The van der Waals surface area contributed by atoms with Crippen LogP contribution in [0.15, 0.2) is 11.3 Å². The number of carbonyl (C=O) groups is 4. The largest absolute Gasteiger partial charge is 0.477 e. The zero-order valence-electron chi connectivity index (χ0n) is 12.8. The van der Waals surface area contributed by atoms with Crippen LogP contribution in [0.5, 0.6) is 0 Å². The van der Waals surface area contributed by atoms with Crippen molar-refractivity contribution in [3.63, 3.8) is 0 Å². The first-order valence-electron chi connectivity index (χ1n) is 7.41. The number of amides is 2. The average Bonchev–Trinajstić information content (AvgIpc) is 2.57. The lowest BCUT2D eigenvalue weighted by atomic mass is 10.0. The van der Waals surface area contributed by atoms with E-state index in [9.17, 15) is 29.4 Å². The number of carboxylic acids is 1. The van der Waals surface area contributed by atoms with Crippen molar-refractivity contribution in [3.05, 3.63) is 11.3 Å². The first kappa shape index (κ1) is 18.4. The standard InChI is InChI=1S/C14H19N3O6S/c15-8(5-19)2-1-3-9(20)16-10-12(21)17-11(14(22)23)7(4-18)6-24-13(10)17/h5,8,10,13,18H,1-4,6,15H2,(H,16,20)(H,22,23)/t8?,10?,13-/m0/s1. The molecule has 2 aliphatic heterocycles. The Balaban J connectivity index is 1.93. The Labute approximate surface area is 142 Å². The molecule has 2 unspecified atom stereocenters. The molecule has 2 amide bonds. The Morgan fingerprint density at radius 3 is 2.79 bits per heavy atom. The lowest BCUT2D eigenvalue weighted by Crippen LogP contribution is -2.70. The fourth-order valence-corrected chi connectivity index (χ4v) is 3.95. The summed E-state index contributed by atoms with van der Waals surface area (Å²) in [5, 5.41) is 20.6. The second kappa shape index (κ2) is 7.77. The summed E-state index contributed by atoms with van der Waals surface area (Å²) in [6.07, 6.45) is 1.54. The summed E-state index contributed by atoms with van der Waals surface area (Å²) in [6.45, 7) is -0.431. The smallest absolute Gasteiger partial charge is 0.352 e. The predicted molar refractivity (Wildman–Crippen MR) is 84.7 cm³/mol. The van der Waals surface area contributed by atoms with E-state index < -0.39 is 35.9 Å². The van der Waals surface area contributed by atoms with Crippen LogP contribution < -0.4 is 11.1 Å². The predicted octanol–water partition coefficient (Wildman–Crippen LogP) is -1.59. The van der Waals surface area contributed by atoms with Crippen LogP contribution in [0.1, 0.15) is 19.3 Å². The summed E-state index contributed by atoms with van der Waals surface area (Å²) in [5.74, 6) is -1.84. The minimum absolute atomic E-state index is 0.131. The minimum atomic E-state index is -1.27. The highest BCUT2D eigenvalue weighted by Gasteiger charge is 2.53. The summed E-state index contributed by atoms with van der Waals surface area (Å²) in [5.41, 5.74) is 5.51. The number of nitrogens with one attached hydrogen (secondary N) is 1. The van der Waals surface area contributed by atoms with Gasteiger partial charge >= 0.3 is 5.97 Å². The van der Waals surface area contributed by atoms with Crippen molar-refractivity contribution in [2.75, 3.05) is 12.4 Å². The molecule has 0 saturated carbocycles. The van der Waals surface area contributed by atoms with E-state index in [1.54, 1.807) is 0 Å². The van der Waals surface area contributed by atoms with Gasteiger partial charge in [-0.3, -0.25) is 14.5 Å². The van der Waals surface area contributed by atoms with Gasteiger partial charge in [-0.2, -0.15) is 0 Å². The van der Waals surface area contributed by atoms with Gasteiger partial charge in [-0.05, 0) is 18.4 Å². The molecule has 1 fully saturated rings. The summed E-state index contributed by atoms with van der Waals surface area (Å²) >= 11 is 1.30. The topological polar surface area (TPSA) is 150 Å². The molecule has 10 heteroatoms. The van der Waals surface area contributed by atoms with Crippen molar-refractivity contribution >= 4 is 35.8 Å². The quantitative estimate of drug-likeness (QED) is 0.300. The molecular weight excluding hydrogens is 338 g/mol. The number of thioether (sulfide) groups is 1. The van der Waals surface area contributed by atoms with Gasteiger partial charge in [-0.1, -0.05) is 0 Å². The molecule has 0 bridgehead atoms. The van der Waals surface area contributed by atoms with Gasteiger partial charge in [-0.25, -0.2) is 4.79 Å². The van der Waals surface area contributed by atoms with Gasteiger partial charge in [0, 0.05) is 12.2 Å². The number of hydrogen-bond donors (Lipinski definition) is 4. The molecule has 3 atom stereocenters. The fourth-order valence-electron chi connectivity index (χ4n) is 2.62. The van der Waals surface area contributed by atoms with Crippen LogP contribution in [0.4, 0.5) is 0 Å². The maximum atomic E-state index is 12.2. The van der Waals surface area contributed by atoms with Crippen molar-refractivity contribution in [2.45, 2.75) is 36.7 Å². The molecule has 0 aliphatic carbocycles. The number of nitrogens with two attached hydrogens (primary N) is 1. The number of carboxylic acid groups (broad SMARTS) is 1. The highest BCUT2D eigenvalue weighted by molar-refractivity contribution is 8.00. The van der Waals surface area contributed by atoms with Crippen LogP contribution in [0.2, 0.25) is 0 Å². The minimum Gasteiger partial charge on any atom is -0.477 e. The van der Waals surface area contributed by atoms with Gasteiger partial charge in [0.15, 0.2) is 0 Å². The highest BCUT2D eigenvalue weighted by Crippen LogP contribution is 2.40. The van der Waals surface area contributed by atoms with E-state index in [1.165, 1.54) is 11.8 Å². The first-order valence-corrected chi connectivity index (χ1v) is 8.46. The Kier molecular flexibility index (Phi) is 5.97. The van der Waals surface area contributed by atoms with Crippen molar-refractivity contribution in [3.8, 4) is 0 Å². The van der Waals surface area contributed by atoms with Gasteiger partial charge in [0.2, 0.25) is 5.91 Å². The number of fused-ring (bicyclic) bond motifs is 1. The highest BCUT2D eigenvalue weighted by atomic mass is 32.2. The molecule has 5 N–H and O–H groups in total. The van der Waals surface area contributed by atoms with Crippen LogP contribution in [0.25, 0.3) is 0 Å². The molecule has 132 valence electrons. The third kappa shape index (κ3) is 3.60. The maximum absolute atomic E-state index is 12.2. The number of nitrogens with zero attached hydrogens (tertiary/aromatic N) is 1. The monoisotopic (exact) mass is 357 g/mol. The number of aliphatic hydroxyl groups excluding tert-OH is 1. The van der Waals surface area contributed by atoms with Gasteiger partial charge in [0.25, 0.3) is 5.91 Å². The second-order valence-corrected chi connectivity index (χ2v) is 6.67. The van der Waals surface area contributed by atoms with E-state index in [4.69, 9.17) is 5.73 Å². The molecule has 2 rings (SSSR count). The van der Waals surface area contributed by atoms with Crippen molar-refractivity contribution in [1.29, 1.82) is 0 Å². The maximum Gasteiger partial charge on any atom is 0.352 e. The summed E-state index contributed by atoms with van der Waals surface area (Å²) in [7, 11) is 0. The average molecular weight is 357 g/mol. The zero-order chi connectivity index (χ0) is 17.9. The molecule has 2 aliphatic rings. The molecular formula is C14H19N3O6S. The van der Waals surface area contributed by atoms with Crippen LogP contribution >= 0.6 is 11.8 Å². The number of β-lactam (4-membered cyclic amide) rings is 1. The lowest BCUT2D eigenvalue weighted by Gasteiger charge is -2.49. The number of aliphatic hydroxyl groups is 1. The SMILES string of the molecule is NC(C=O)CCCC(=O)NC1C(=O)N2C(C(=O)O)=C(CO)CS[C@@H]12. The molecule has 24 heavy (non-hydrogen) atoms. The van der Waals surface area contributed by atoms with E-state index in [0.29, 0.717) is 19.1 Å². The van der Waals surface area contributed by atoms with Gasteiger partial charge in [-0.15, -0.1) is 11.8 Å². The van der Waals surface area contributed by atoms with Crippen LogP contribution in [0, 0.1) is 0 Å². The van der Waals surface area contributed by atoms with E-state index in [0.717, 1.165) is 4.90 Å². The summed E-state index contributed by atoms with van der Waals surface area (Å²) in [4.78, 5) is 46.9. The summed E-state index contributed by atoms with van der Waals surface area (Å²) < 4.78 is 0. The number of carbonyl (C=O) groups excluding carboxylic acids is 3. The van der Waals surface area contributed by atoms with Crippen molar-refractivity contribution in [1.82, 2.24) is 10.2 Å². The third-order valence-corrected chi connectivity index (χ3v) is 5.21. The Morgan fingerprint density at radius 1 is 1.50 bits per heavy atom. The van der Waals surface area contributed by atoms with Crippen molar-refractivity contribution in [2.24, 2.45) is 5.73 Å². The molecule has 0 radical (unpaired) electrons. The Bertz CT molecular complexity index is 593. The van der Waals surface area contributed by atoms with Crippen molar-refractivity contribution < 1.29 is 29.4 Å². The Hall–Kier alpha value is -1.91. The van der Waals surface area contributed by atoms with E-state index in [2.05, 4.69) is 5.32 Å². The van der Waals surface area contributed by atoms with E-state index in [-0.39, 0.29) is 29.4 Å². The van der Waals surface area contributed by atoms with E-state index in [1.807, 2.05) is 0 Å². The number of aliphatic carboxylic acids is 1. The van der Waals surface area contributed by atoms with Gasteiger partial charge in [0.1, 0.15) is 23.4 Å². The molecule has 0 aromatic rings. The molecule has 0 aromatic heterocycles. The van der Waals surface area contributed by atoms with Gasteiger partial charge in [0.05, 0.1) is 12.6 Å². The van der Waals surface area contributed by atoms with Crippen LogP contribution in [-0.2, 0) is 19.2 Å². The van der Waals surface area contributed by atoms with Crippen LogP contribution in [-0.4, -0.2) is 69.0 Å². The molecule has 0 aromatic carbocycles. The number of aldehydes is 1. The summed E-state index contributed by atoms with van der Waals surface area (Å²) in [6, 6.07) is -1.38. The third-order valence-electron chi connectivity index (χ3n) is 3.87. The molecule has 0 spiro atoms. The fraction of sp³-hybridized carbons (Fsp3) is 0.571. The molecule has 1 saturated heterocycles. The lowest BCUT2D eigenvalue weighted by molar-refractivity contribution is -0.150. The molecule has 9 nitrogen and oxygen atoms in total. The van der Waals surface area contributed by atoms with Crippen LogP contribution in [0.3, 0.4) is 0 Å². The van der Waals surface area contributed by atoms with Gasteiger partial charge < -0.3 is 26.1 Å². The second-order valence-electron chi connectivity index (χ2n) is 5.56. The van der Waals surface area contributed by atoms with E-state index >= 15 is 0 Å². The number of hydrogen-bond acceptors (Lipinski definition) is 7. The Morgan fingerprint density at radius 2 is 2.21 bits per heavy atom. The molecule has 2 heterocycles. The zero-order valence-corrected chi connectivity index (χ0v) is 13.6. The normalized spacial score (nSPS) is 24.1.